The average molecular weight is 347 g/mol. The molecule has 1 amide bonds. The number of nitrogens with one attached hydrogen (secondary N) is 1. The van der Waals surface area contributed by atoms with Gasteiger partial charge >= 0.3 is 0 Å². The van der Waals surface area contributed by atoms with E-state index in [0.717, 1.165) is 22.5 Å². The Morgan fingerprint density at radius 2 is 2.00 bits per heavy atom. The summed E-state index contributed by atoms with van der Waals surface area (Å²) in [5, 5.41) is 7.21. The van der Waals surface area contributed by atoms with Gasteiger partial charge in [0, 0.05) is 11.4 Å². The van der Waals surface area contributed by atoms with Crippen molar-refractivity contribution in [3.63, 3.8) is 0 Å². The zero-order chi connectivity index (χ0) is 17.5. The quantitative estimate of drug-likeness (QED) is 0.924. The first kappa shape index (κ1) is 16.7. The van der Waals surface area contributed by atoms with Crippen LogP contribution in [0.2, 0.25) is 0 Å². The van der Waals surface area contributed by atoms with E-state index in [4.69, 9.17) is 0 Å². The minimum absolute atomic E-state index is 0.0909. The standard InChI is InChI=1S/C17H21N3O3S/c1-11-4-5-15(12(2)8-11)18-17(21)16-9-13(3)20(19-16)14-6-7-24(22,23)10-14/h4-5,8-9,14H,6-7,10H2,1-3H3,(H,18,21). The lowest BCUT2D eigenvalue weighted by Gasteiger charge is -2.10. The van der Waals surface area contributed by atoms with E-state index >= 15 is 0 Å². The highest BCUT2D eigenvalue weighted by Gasteiger charge is 2.31. The maximum Gasteiger partial charge on any atom is 0.276 e. The Bertz CT molecular complexity index is 900. The summed E-state index contributed by atoms with van der Waals surface area (Å²) in [6.45, 7) is 5.78. The van der Waals surface area contributed by atoms with Crippen molar-refractivity contribution in [1.29, 1.82) is 0 Å². The van der Waals surface area contributed by atoms with Crippen molar-refractivity contribution in [1.82, 2.24) is 9.78 Å². The van der Waals surface area contributed by atoms with Crippen LogP contribution in [0.1, 0.15) is 39.8 Å². The number of benzene rings is 1. The largest absolute Gasteiger partial charge is 0.320 e. The molecule has 1 aromatic carbocycles. The summed E-state index contributed by atoms with van der Waals surface area (Å²) < 4.78 is 25.0. The molecule has 0 saturated carbocycles. The third kappa shape index (κ3) is 3.36. The van der Waals surface area contributed by atoms with E-state index in [1.165, 1.54) is 0 Å². The van der Waals surface area contributed by atoms with Crippen LogP contribution in [0.5, 0.6) is 0 Å². The van der Waals surface area contributed by atoms with E-state index in [2.05, 4.69) is 10.4 Å². The maximum absolute atomic E-state index is 12.5. The summed E-state index contributed by atoms with van der Waals surface area (Å²) in [5.41, 5.74) is 3.97. The van der Waals surface area contributed by atoms with Gasteiger partial charge in [0.25, 0.3) is 5.91 Å². The van der Waals surface area contributed by atoms with Crippen molar-refractivity contribution in [3.8, 4) is 0 Å². The summed E-state index contributed by atoms with van der Waals surface area (Å²) in [6.07, 6.45) is 0.545. The van der Waals surface area contributed by atoms with E-state index in [1.807, 2.05) is 39.0 Å². The Labute approximate surface area is 141 Å². The lowest BCUT2D eigenvalue weighted by molar-refractivity contribution is 0.102. The molecule has 0 bridgehead atoms. The first-order chi connectivity index (χ1) is 11.2. The number of carbonyl (C=O) groups is 1. The summed E-state index contributed by atoms with van der Waals surface area (Å²) >= 11 is 0. The molecule has 1 fully saturated rings. The van der Waals surface area contributed by atoms with Gasteiger partial charge in [0.05, 0.1) is 17.5 Å². The second-order valence-corrected chi connectivity index (χ2v) is 8.67. The van der Waals surface area contributed by atoms with Gasteiger partial charge in [0.2, 0.25) is 0 Å². The van der Waals surface area contributed by atoms with Crippen LogP contribution in [-0.2, 0) is 9.84 Å². The predicted molar refractivity (Wildman–Crippen MR) is 93.1 cm³/mol. The number of aryl methyl sites for hydroxylation is 3. The minimum Gasteiger partial charge on any atom is -0.320 e. The molecule has 7 heteroatoms. The number of rotatable bonds is 3. The molecule has 1 aromatic heterocycles. The third-order valence-electron chi connectivity index (χ3n) is 4.34. The van der Waals surface area contributed by atoms with Crippen molar-refractivity contribution in [2.24, 2.45) is 0 Å². The fourth-order valence-corrected chi connectivity index (χ4v) is 4.77. The van der Waals surface area contributed by atoms with Gasteiger partial charge < -0.3 is 5.32 Å². The fourth-order valence-electron chi connectivity index (χ4n) is 3.08. The molecule has 6 nitrogen and oxygen atoms in total. The SMILES string of the molecule is Cc1ccc(NC(=O)c2cc(C)n(C3CCS(=O)(=O)C3)n2)c(C)c1. The molecule has 1 saturated heterocycles. The topological polar surface area (TPSA) is 81.1 Å². The molecule has 1 unspecified atom stereocenters. The van der Waals surface area contributed by atoms with Crippen molar-refractivity contribution >= 4 is 21.4 Å². The number of nitrogens with zero attached hydrogens (tertiary/aromatic N) is 2. The first-order valence-corrected chi connectivity index (χ1v) is 9.72. The van der Waals surface area contributed by atoms with Crippen molar-refractivity contribution in [3.05, 3.63) is 46.8 Å². The Balaban J connectivity index is 1.80. The molecule has 0 aliphatic carbocycles. The third-order valence-corrected chi connectivity index (χ3v) is 6.09. The van der Waals surface area contributed by atoms with Crippen molar-refractivity contribution < 1.29 is 13.2 Å². The molecule has 128 valence electrons. The Hall–Kier alpha value is -2.15. The molecule has 3 rings (SSSR count). The summed E-state index contributed by atoms with van der Waals surface area (Å²) in [4.78, 5) is 12.5. The maximum atomic E-state index is 12.5. The van der Waals surface area contributed by atoms with Crippen LogP contribution in [0.3, 0.4) is 0 Å². The monoisotopic (exact) mass is 347 g/mol. The Morgan fingerprint density at radius 3 is 2.62 bits per heavy atom. The number of carbonyl (C=O) groups excluding carboxylic acids is 1. The molecule has 0 spiro atoms. The van der Waals surface area contributed by atoms with Gasteiger partial charge in [0.15, 0.2) is 15.5 Å². The van der Waals surface area contributed by atoms with E-state index in [0.29, 0.717) is 12.1 Å². The summed E-state index contributed by atoms with van der Waals surface area (Å²) in [5.74, 6) is -0.0148. The molecule has 0 radical (unpaired) electrons. The van der Waals surface area contributed by atoms with Crippen LogP contribution in [0.25, 0.3) is 0 Å². The Kier molecular flexibility index (Phi) is 4.21. The van der Waals surface area contributed by atoms with Crippen molar-refractivity contribution in [2.75, 3.05) is 16.8 Å². The lowest BCUT2D eigenvalue weighted by atomic mass is 10.1. The second-order valence-electron chi connectivity index (χ2n) is 6.44. The van der Waals surface area contributed by atoms with Crippen LogP contribution in [0.15, 0.2) is 24.3 Å². The van der Waals surface area contributed by atoms with Crippen LogP contribution >= 0.6 is 0 Å². The molecule has 24 heavy (non-hydrogen) atoms. The normalized spacial score (nSPS) is 19.4. The van der Waals surface area contributed by atoms with Crippen molar-refractivity contribution in [2.45, 2.75) is 33.2 Å². The number of hydrogen-bond acceptors (Lipinski definition) is 4. The highest BCUT2D eigenvalue weighted by molar-refractivity contribution is 7.91. The van der Waals surface area contributed by atoms with Gasteiger partial charge in [-0.15, -0.1) is 0 Å². The molecular weight excluding hydrogens is 326 g/mol. The smallest absolute Gasteiger partial charge is 0.276 e. The van der Waals surface area contributed by atoms with Gasteiger partial charge in [-0.3, -0.25) is 9.48 Å². The molecule has 1 aliphatic rings. The number of aromatic nitrogens is 2. The molecule has 2 aromatic rings. The van der Waals surface area contributed by atoms with E-state index < -0.39 is 9.84 Å². The zero-order valence-corrected chi connectivity index (χ0v) is 14.9. The fraction of sp³-hybridized carbons (Fsp3) is 0.412. The van der Waals surface area contributed by atoms with Gasteiger partial charge in [-0.1, -0.05) is 17.7 Å². The molecular formula is C17H21N3O3S. The van der Waals surface area contributed by atoms with Gasteiger partial charge in [-0.05, 0) is 44.9 Å². The van der Waals surface area contributed by atoms with E-state index in [-0.39, 0.29) is 23.5 Å². The van der Waals surface area contributed by atoms with Crippen LogP contribution in [-0.4, -0.2) is 35.6 Å². The minimum atomic E-state index is -2.99. The first-order valence-electron chi connectivity index (χ1n) is 7.90. The van der Waals surface area contributed by atoms with Crippen LogP contribution in [0.4, 0.5) is 5.69 Å². The predicted octanol–water partition coefficient (Wildman–Crippen LogP) is 2.42. The highest BCUT2D eigenvalue weighted by atomic mass is 32.2. The van der Waals surface area contributed by atoms with E-state index in [1.54, 1.807) is 10.7 Å². The number of anilines is 1. The lowest BCUT2D eigenvalue weighted by Crippen LogP contribution is -2.17. The van der Waals surface area contributed by atoms with Crippen LogP contribution in [0, 0.1) is 20.8 Å². The second kappa shape index (κ2) is 6.05. The number of hydrogen-bond donors (Lipinski definition) is 1. The average Bonchev–Trinajstić information content (AvgIpc) is 3.04. The zero-order valence-electron chi connectivity index (χ0n) is 14.0. The number of amides is 1. The molecule has 1 aliphatic heterocycles. The molecule has 1 atom stereocenters. The number of sulfone groups is 1. The molecule has 1 N–H and O–H groups in total. The molecule has 2 heterocycles. The van der Waals surface area contributed by atoms with Crippen LogP contribution < -0.4 is 5.32 Å². The van der Waals surface area contributed by atoms with Gasteiger partial charge in [0.1, 0.15) is 0 Å². The Morgan fingerprint density at radius 1 is 1.25 bits per heavy atom. The summed E-state index contributed by atoms with van der Waals surface area (Å²) in [6, 6.07) is 7.33. The van der Waals surface area contributed by atoms with E-state index in [9.17, 15) is 13.2 Å². The van der Waals surface area contributed by atoms with Gasteiger partial charge in [-0.2, -0.15) is 5.10 Å². The highest BCUT2D eigenvalue weighted by Crippen LogP contribution is 2.25. The van der Waals surface area contributed by atoms with Gasteiger partial charge in [-0.25, -0.2) is 8.42 Å². The summed E-state index contributed by atoms with van der Waals surface area (Å²) in [7, 11) is -2.99.